The Labute approximate surface area is 418 Å². The lowest BCUT2D eigenvalue weighted by Crippen LogP contribution is -2.19. The van der Waals surface area contributed by atoms with Gasteiger partial charge in [-0.1, -0.05) is 201 Å². The predicted molar refractivity (Wildman–Crippen MR) is 302 cm³/mol. The molecule has 0 amide bonds. The van der Waals surface area contributed by atoms with E-state index in [2.05, 4.69) is 211 Å². The lowest BCUT2D eigenvalue weighted by atomic mass is 9.76. The van der Waals surface area contributed by atoms with Crippen LogP contribution in [0.3, 0.4) is 0 Å². The van der Waals surface area contributed by atoms with Crippen LogP contribution in [0.5, 0.6) is 0 Å². The zero-order valence-electron chi connectivity index (χ0n) is 42.9. The van der Waals surface area contributed by atoms with E-state index >= 15 is 0 Å². The van der Waals surface area contributed by atoms with Gasteiger partial charge < -0.3 is 4.57 Å². The van der Waals surface area contributed by atoms with Crippen molar-refractivity contribution in [1.82, 2.24) is 4.57 Å². The minimum Gasteiger partial charge on any atom is -0.344 e. The second-order valence-corrected chi connectivity index (χ2v) is 21.5. The summed E-state index contributed by atoms with van der Waals surface area (Å²) in [6, 6.07) is 61.6. The molecule has 0 aliphatic heterocycles. The maximum Gasteiger partial charge on any atom is 0.0495 e. The Morgan fingerprint density at radius 1 is 0.329 bits per heavy atom. The molecule has 0 N–H and O–H groups in total. The van der Waals surface area contributed by atoms with Crippen molar-refractivity contribution in [3.8, 4) is 66.8 Å². The number of aromatic nitrogens is 1. The number of aryl methyl sites for hydroxylation is 3. The van der Waals surface area contributed by atoms with Gasteiger partial charge in [-0.2, -0.15) is 0 Å². The highest BCUT2D eigenvalue weighted by atomic mass is 14.9. The largest absolute Gasteiger partial charge is 0.344 e. The molecule has 1 nitrogen and oxygen atoms in total. The summed E-state index contributed by atoms with van der Waals surface area (Å²) in [6.07, 6.45) is 14.9. The maximum atomic E-state index is 2.57. The molecule has 2 aliphatic rings. The Morgan fingerprint density at radius 3 is 0.986 bits per heavy atom. The molecule has 1 heterocycles. The van der Waals surface area contributed by atoms with E-state index in [1.165, 1.54) is 186 Å². The van der Waals surface area contributed by atoms with Gasteiger partial charge in [-0.15, -0.1) is 0 Å². The van der Waals surface area contributed by atoms with E-state index in [0.29, 0.717) is 0 Å². The van der Waals surface area contributed by atoms with Crippen molar-refractivity contribution in [1.29, 1.82) is 0 Å². The van der Waals surface area contributed by atoms with Gasteiger partial charge in [0.1, 0.15) is 0 Å². The fraction of sp³-hybridized carbons (Fsp3) is 0.304. The van der Waals surface area contributed by atoms with Crippen LogP contribution in [-0.2, 0) is 30.7 Å². The molecule has 2 atom stereocenters. The van der Waals surface area contributed by atoms with Gasteiger partial charge in [0.15, 0.2) is 0 Å². The third-order valence-electron chi connectivity index (χ3n) is 17.3. The standard InChI is InChI=1S/C69H71N/c1-8-12-14-16-18-46-20-24-48(25-21-46)50-28-32-52(33-29-50)54-36-38-56-58-44-66-60(42-64(58)68(5,10-3)62(56)40-54)61-43-65-59(45-67(61)70(66)7)57-39-37-55(41-63(57)69(65,6)11-4)53-34-30-51(31-35-53)49-26-22-47(23-27-49)19-17-15-13-9-2/h20-45H,8-19H2,1-7H3/t68-,69+. The topological polar surface area (TPSA) is 4.93 Å². The van der Waals surface area contributed by atoms with Crippen LogP contribution in [-0.4, -0.2) is 4.57 Å². The van der Waals surface area contributed by atoms with Gasteiger partial charge in [0.2, 0.25) is 0 Å². The van der Waals surface area contributed by atoms with Gasteiger partial charge in [0, 0.05) is 39.7 Å². The van der Waals surface area contributed by atoms with Crippen molar-refractivity contribution in [3.63, 3.8) is 0 Å². The Morgan fingerprint density at radius 2 is 0.643 bits per heavy atom. The number of hydrogen-bond donors (Lipinski definition) is 0. The summed E-state index contributed by atoms with van der Waals surface area (Å²) in [5, 5.41) is 2.73. The molecule has 0 unspecified atom stereocenters. The second kappa shape index (κ2) is 18.7. The Bertz CT molecular complexity index is 3140. The summed E-state index contributed by atoms with van der Waals surface area (Å²) in [5.41, 5.74) is 26.9. The van der Waals surface area contributed by atoms with Crippen LogP contribution in [0.15, 0.2) is 158 Å². The molecule has 0 saturated heterocycles. The quantitative estimate of drug-likeness (QED) is 0.0851. The minimum atomic E-state index is -0.0903. The van der Waals surface area contributed by atoms with Gasteiger partial charge in [-0.05, 0) is 175 Å². The van der Waals surface area contributed by atoms with E-state index in [-0.39, 0.29) is 10.8 Å². The van der Waals surface area contributed by atoms with Crippen LogP contribution in [0.4, 0.5) is 0 Å². The molecule has 0 bridgehead atoms. The van der Waals surface area contributed by atoms with E-state index in [1.807, 2.05) is 0 Å². The average molecular weight is 914 g/mol. The summed E-state index contributed by atoms with van der Waals surface area (Å²) in [6.45, 7) is 14.3. The van der Waals surface area contributed by atoms with E-state index in [1.54, 1.807) is 0 Å². The molecule has 11 rings (SSSR count). The first-order valence-electron chi connectivity index (χ1n) is 27.0. The molecular weight excluding hydrogens is 843 g/mol. The second-order valence-electron chi connectivity index (χ2n) is 21.5. The third-order valence-corrected chi connectivity index (χ3v) is 17.3. The maximum absolute atomic E-state index is 2.57. The molecule has 70 heavy (non-hydrogen) atoms. The van der Waals surface area contributed by atoms with Gasteiger partial charge in [0.25, 0.3) is 0 Å². The van der Waals surface area contributed by atoms with Crippen LogP contribution in [0.1, 0.15) is 139 Å². The van der Waals surface area contributed by atoms with Crippen LogP contribution < -0.4 is 0 Å². The number of fused-ring (bicyclic) bond motifs is 9. The molecular formula is C69H71N. The van der Waals surface area contributed by atoms with Crippen LogP contribution in [0.25, 0.3) is 88.6 Å². The van der Waals surface area contributed by atoms with Gasteiger partial charge in [-0.3, -0.25) is 0 Å². The molecule has 1 aromatic heterocycles. The molecule has 0 radical (unpaired) electrons. The number of unbranched alkanes of at least 4 members (excludes halogenated alkanes) is 6. The van der Waals surface area contributed by atoms with Crippen molar-refractivity contribution in [3.05, 3.63) is 191 Å². The van der Waals surface area contributed by atoms with Gasteiger partial charge in [0.05, 0.1) is 0 Å². The SMILES string of the molecule is CCCCCCc1ccc(-c2ccc(-c3ccc4c(c3)[C@](C)(CC)c3cc5c6cc7c(cc6n(C)c5cc3-4)-c3ccc(-c4ccc(-c5ccc(CCCCCC)cc5)cc4)cc3[C@@]7(C)CC)cc2)cc1. The highest BCUT2D eigenvalue weighted by molar-refractivity contribution is 6.12. The third kappa shape index (κ3) is 7.85. The van der Waals surface area contributed by atoms with Crippen LogP contribution >= 0.6 is 0 Å². The first-order chi connectivity index (χ1) is 34.1. The summed E-state index contributed by atoms with van der Waals surface area (Å²) < 4.78 is 2.46. The summed E-state index contributed by atoms with van der Waals surface area (Å²) in [4.78, 5) is 0. The Kier molecular flexibility index (Phi) is 12.3. The molecule has 8 aromatic carbocycles. The molecule has 9 aromatic rings. The number of nitrogens with zero attached hydrogens (tertiary/aromatic N) is 1. The van der Waals surface area contributed by atoms with Crippen molar-refractivity contribution in [2.45, 2.75) is 129 Å². The fourth-order valence-electron chi connectivity index (χ4n) is 12.5. The first-order valence-corrected chi connectivity index (χ1v) is 27.0. The molecule has 352 valence electrons. The zero-order valence-corrected chi connectivity index (χ0v) is 42.9. The normalized spacial score (nSPS) is 16.7. The summed E-state index contributed by atoms with van der Waals surface area (Å²) in [5.74, 6) is 0. The fourth-order valence-corrected chi connectivity index (χ4v) is 12.5. The lowest BCUT2D eigenvalue weighted by molar-refractivity contribution is 0.565. The first kappa shape index (κ1) is 46.0. The minimum absolute atomic E-state index is 0.0903. The number of hydrogen-bond acceptors (Lipinski definition) is 0. The van der Waals surface area contributed by atoms with E-state index in [0.717, 1.165) is 12.8 Å². The predicted octanol–water partition coefficient (Wildman–Crippen LogP) is 19.6. The highest BCUT2D eigenvalue weighted by Gasteiger charge is 2.41. The molecule has 0 saturated carbocycles. The number of rotatable bonds is 16. The Balaban J connectivity index is 0.875. The van der Waals surface area contributed by atoms with Crippen molar-refractivity contribution in [2.75, 3.05) is 0 Å². The summed E-state index contributed by atoms with van der Waals surface area (Å²) in [7, 11) is 2.28. The molecule has 1 heteroatoms. The number of benzene rings is 8. The van der Waals surface area contributed by atoms with Crippen molar-refractivity contribution < 1.29 is 0 Å². The monoisotopic (exact) mass is 914 g/mol. The van der Waals surface area contributed by atoms with E-state index in [4.69, 9.17) is 0 Å². The molecule has 2 aliphatic carbocycles. The van der Waals surface area contributed by atoms with Gasteiger partial charge in [-0.25, -0.2) is 0 Å². The lowest BCUT2D eigenvalue weighted by Gasteiger charge is -2.26. The average Bonchev–Trinajstić information content (AvgIpc) is 3.93. The molecule has 0 fully saturated rings. The Hall–Kier alpha value is -6.44. The van der Waals surface area contributed by atoms with Crippen LogP contribution in [0.2, 0.25) is 0 Å². The summed E-state index contributed by atoms with van der Waals surface area (Å²) >= 11 is 0. The van der Waals surface area contributed by atoms with E-state index in [9.17, 15) is 0 Å². The van der Waals surface area contributed by atoms with Crippen molar-refractivity contribution >= 4 is 21.8 Å². The zero-order chi connectivity index (χ0) is 48.1. The van der Waals surface area contributed by atoms with E-state index < -0.39 is 0 Å². The highest BCUT2D eigenvalue weighted by Crippen LogP contribution is 2.56. The van der Waals surface area contributed by atoms with Crippen LogP contribution in [0, 0.1) is 0 Å². The van der Waals surface area contributed by atoms with Gasteiger partial charge >= 0.3 is 0 Å². The van der Waals surface area contributed by atoms with Crippen molar-refractivity contribution in [2.24, 2.45) is 7.05 Å². The smallest absolute Gasteiger partial charge is 0.0495 e. The molecule has 0 spiro atoms.